The molecule has 4 nitrogen and oxygen atoms in total. The van der Waals surface area contributed by atoms with Crippen LogP contribution < -0.4 is 4.80 Å². The van der Waals surface area contributed by atoms with E-state index in [-0.39, 0.29) is 0 Å². The Hall–Kier alpha value is -1.66. The number of H-pyrrole nitrogens is 1. The van der Waals surface area contributed by atoms with Crippen molar-refractivity contribution in [2.24, 2.45) is 4.99 Å². The summed E-state index contributed by atoms with van der Waals surface area (Å²) in [6.07, 6.45) is 0. The molecule has 0 spiro atoms. The summed E-state index contributed by atoms with van der Waals surface area (Å²) in [6.45, 7) is 8.57. The molecule has 0 amide bonds. The number of hydrogen-bond acceptors (Lipinski definition) is 2. The van der Waals surface area contributed by atoms with Gasteiger partial charge in [0.25, 0.3) is 0 Å². The summed E-state index contributed by atoms with van der Waals surface area (Å²) in [6, 6.07) is 11.1. The van der Waals surface area contributed by atoms with Crippen molar-refractivity contribution in [2.75, 3.05) is 0 Å². The summed E-state index contributed by atoms with van der Waals surface area (Å²) in [4.78, 5) is 7.76. The normalized spacial score (nSPS) is 12.9. The lowest BCUT2D eigenvalue weighted by molar-refractivity contribution is 0.294. The molecule has 0 radical (unpaired) electrons. The van der Waals surface area contributed by atoms with Gasteiger partial charge in [-0.3, -0.25) is 8.77 Å². The molecule has 1 aromatic carbocycles. The number of nitrogens with one attached hydrogen (secondary N) is 1. The lowest BCUT2D eigenvalue weighted by atomic mass is 10.2. The Kier molecular flexibility index (Phi) is 4.06. The maximum atomic E-state index is 5.57. The van der Waals surface area contributed by atoms with Gasteiger partial charge >= 0.3 is 0 Å². The molecular weight excluding hydrogens is 312 g/mol. The first-order valence-electron chi connectivity index (χ1n) is 7.43. The third kappa shape index (κ3) is 2.57. The molecular formula is C16H20N4S2. The molecule has 0 bridgehead atoms. The van der Waals surface area contributed by atoms with Gasteiger partial charge in [0.2, 0.25) is 4.80 Å². The molecule has 0 unspecified atom stereocenters. The predicted octanol–water partition coefficient (Wildman–Crippen LogP) is 3.79. The van der Waals surface area contributed by atoms with Crippen molar-refractivity contribution < 1.29 is 0 Å². The molecule has 0 atom stereocenters. The van der Waals surface area contributed by atoms with Crippen molar-refractivity contribution >= 4 is 45.4 Å². The van der Waals surface area contributed by atoms with Gasteiger partial charge in [-0.05, 0) is 63.6 Å². The summed E-state index contributed by atoms with van der Waals surface area (Å²) in [5.74, 6) is 0. The zero-order chi connectivity index (χ0) is 15.9. The maximum Gasteiger partial charge on any atom is 0.214 e. The van der Waals surface area contributed by atoms with Crippen LogP contribution in [0.15, 0.2) is 35.3 Å². The zero-order valence-corrected chi connectivity index (χ0v) is 14.8. The van der Waals surface area contributed by atoms with E-state index in [2.05, 4.69) is 59.6 Å². The third-order valence-corrected chi connectivity index (χ3v) is 4.74. The molecule has 6 heteroatoms. The highest BCUT2D eigenvalue weighted by molar-refractivity contribution is 7.80. The van der Waals surface area contributed by atoms with Gasteiger partial charge in [-0.2, -0.15) is 4.99 Å². The van der Waals surface area contributed by atoms with Crippen molar-refractivity contribution in [3.63, 3.8) is 0 Å². The molecule has 116 valence electrons. The molecule has 3 aromatic rings. The van der Waals surface area contributed by atoms with Crippen LogP contribution in [0.3, 0.4) is 0 Å². The fraction of sp³-hybridized carbons (Fsp3) is 0.375. The average molecular weight is 332 g/mol. The molecule has 2 aromatic heterocycles. The van der Waals surface area contributed by atoms with E-state index in [1.807, 2.05) is 12.1 Å². The quantitative estimate of drug-likeness (QED) is 0.725. The number of hydrogen-bond donors (Lipinski definition) is 1. The Balaban J connectivity index is 2.15. The van der Waals surface area contributed by atoms with Gasteiger partial charge in [-0.1, -0.05) is 18.2 Å². The largest absolute Gasteiger partial charge is 0.343 e. The van der Waals surface area contributed by atoms with Gasteiger partial charge in [-0.25, -0.2) is 0 Å². The Bertz CT molecular complexity index is 874. The second-order valence-corrected chi connectivity index (χ2v) is 7.04. The van der Waals surface area contributed by atoms with Gasteiger partial charge in [0.1, 0.15) is 5.65 Å². The van der Waals surface area contributed by atoms with Crippen LogP contribution in [0.5, 0.6) is 0 Å². The van der Waals surface area contributed by atoms with E-state index in [4.69, 9.17) is 17.2 Å². The lowest BCUT2D eigenvalue weighted by Gasteiger charge is -2.30. The maximum absolute atomic E-state index is 5.57. The number of fused-ring (bicyclic) bond motifs is 3. The molecule has 0 fully saturated rings. The molecule has 2 heterocycles. The van der Waals surface area contributed by atoms with Crippen molar-refractivity contribution in [3.05, 3.63) is 35.1 Å². The smallest absolute Gasteiger partial charge is 0.214 e. The highest BCUT2D eigenvalue weighted by Gasteiger charge is 2.16. The van der Waals surface area contributed by atoms with Crippen LogP contribution in [-0.4, -0.2) is 30.9 Å². The first-order chi connectivity index (χ1) is 10.5. The van der Waals surface area contributed by atoms with Crippen LogP contribution in [-0.2, 0) is 0 Å². The van der Waals surface area contributed by atoms with Gasteiger partial charge in [-0.15, -0.1) is 0 Å². The number of aromatic nitrogens is 2. The van der Waals surface area contributed by atoms with Gasteiger partial charge in [0.05, 0.1) is 5.52 Å². The van der Waals surface area contributed by atoms with Crippen LogP contribution in [0.4, 0.5) is 0 Å². The molecule has 0 aliphatic carbocycles. The topological polar surface area (TPSA) is 35.8 Å². The van der Waals surface area contributed by atoms with Crippen LogP contribution in [0.25, 0.3) is 16.6 Å². The van der Waals surface area contributed by atoms with E-state index in [1.54, 1.807) is 0 Å². The molecule has 22 heavy (non-hydrogen) atoms. The van der Waals surface area contributed by atoms with Crippen LogP contribution in [0.1, 0.15) is 27.7 Å². The van der Waals surface area contributed by atoms with Crippen molar-refractivity contribution in [1.29, 1.82) is 0 Å². The zero-order valence-electron chi connectivity index (χ0n) is 13.2. The van der Waals surface area contributed by atoms with Crippen LogP contribution in [0.2, 0.25) is 0 Å². The minimum absolute atomic E-state index is 0.331. The number of thiocarbonyl (C=S) groups is 1. The molecule has 3 rings (SSSR count). The van der Waals surface area contributed by atoms with Crippen LogP contribution in [0, 0.1) is 0 Å². The number of benzene rings is 1. The number of aromatic amines is 1. The van der Waals surface area contributed by atoms with E-state index in [0.29, 0.717) is 17.2 Å². The van der Waals surface area contributed by atoms with Crippen molar-refractivity contribution in [3.8, 4) is 0 Å². The number of nitrogens with zero attached hydrogens (tertiary/aromatic N) is 3. The van der Waals surface area contributed by atoms with E-state index in [0.717, 1.165) is 16.0 Å². The summed E-state index contributed by atoms with van der Waals surface area (Å²) in [5, 5.41) is 1.84. The number of rotatable bonds is 2. The fourth-order valence-corrected chi connectivity index (χ4v) is 4.16. The summed E-state index contributed by atoms with van der Waals surface area (Å²) < 4.78 is 5.44. The average Bonchev–Trinajstić information content (AvgIpc) is 2.97. The molecule has 0 saturated heterocycles. The van der Waals surface area contributed by atoms with Crippen LogP contribution >= 0.6 is 23.8 Å². The number of para-hydroxylation sites is 1. The Morgan fingerprint density at radius 1 is 1.23 bits per heavy atom. The third-order valence-electron chi connectivity index (χ3n) is 3.67. The van der Waals surface area contributed by atoms with Gasteiger partial charge in [0.15, 0.2) is 5.11 Å². The summed E-state index contributed by atoms with van der Waals surface area (Å²) >= 11 is 7.08. The minimum atomic E-state index is 0.331. The molecule has 0 saturated carbocycles. The monoisotopic (exact) mass is 332 g/mol. The second kappa shape index (κ2) is 5.85. The second-order valence-electron chi connectivity index (χ2n) is 5.90. The van der Waals surface area contributed by atoms with Gasteiger partial charge < -0.3 is 4.90 Å². The predicted molar refractivity (Wildman–Crippen MR) is 97.4 cm³/mol. The standard InChI is InChI=1S/C16H20N4S2/c1-10(2)19(11(3)4)15(21)17-16-20-13-8-6-5-7-12(13)9-14(20)18-22-16/h5-11,18H,1-4H3/b17-16+. The summed E-state index contributed by atoms with van der Waals surface area (Å²) in [5.41, 5.74) is 2.20. The lowest BCUT2D eigenvalue weighted by Crippen LogP contribution is -2.41. The molecule has 0 aliphatic heterocycles. The molecule has 0 aliphatic rings. The Labute approximate surface area is 139 Å². The first kappa shape index (κ1) is 15.2. The van der Waals surface area contributed by atoms with Crippen molar-refractivity contribution in [1.82, 2.24) is 13.7 Å². The SMILES string of the molecule is CC(C)N(C(=S)/N=c1/s[nH]c2cc3ccccc3n12)C(C)C. The van der Waals surface area contributed by atoms with E-state index < -0.39 is 0 Å². The summed E-state index contributed by atoms with van der Waals surface area (Å²) in [7, 11) is 0. The highest BCUT2D eigenvalue weighted by atomic mass is 32.1. The van der Waals surface area contributed by atoms with E-state index in [9.17, 15) is 0 Å². The fourth-order valence-electron chi connectivity index (χ4n) is 2.83. The van der Waals surface area contributed by atoms with Crippen molar-refractivity contribution in [2.45, 2.75) is 39.8 Å². The Morgan fingerprint density at radius 2 is 1.91 bits per heavy atom. The minimum Gasteiger partial charge on any atom is -0.343 e. The first-order valence-corrected chi connectivity index (χ1v) is 8.66. The molecule has 1 N–H and O–H groups in total. The van der Waals surface area contributed by atoms with E-state index in [1.165, 1.54) is 16.9 Å². The highest BCUT2D eigenvalue weighted by Crippen LogP contribution is 2.17. The Morgan fingerprint density at radius 3 is 2.59 bits per heavy atom. The van der Waals surface area contributed by atoms with Gasteiger partial charge in [0, 0.05) is 17.5 Å². The van der Waals surface area contributed by atoms with E-state index >= 15 is 0 Å².